The minimum atomic E-state index is -0.268. The van der Waals surface area contributed by atoms with Crippen molar-refractivity contribution < 1.29 is 9.21 Å². The summed E-state index contributed by atoms with van der Waals surface area (Å²) < 4.78 is 7.40. The number of hydrogen-bond acceptors (Lipinski definition) is 4. The summed E-state index contributed by atoms with van der Waals surface area (Å²) in [5.74, 6) is 0.904. The van der Waals surface area contributed by atoms with Crippen molar-refractivity contribution in [1.82, 2.24) is 14.9 Å². The van der Waals surface area contributed by atoms with Gasteiger partial charge in [-0.05, 0) is 35.9 Å². The highest BCUT2D eigenvalue weighted by Crippen LogP contribution is 2.21. The SMILES string of the molecule is O=C(Cc1cn(-c2ccccn2)c2oc(CCl)cc2c1=O)NCc1ccc(Cl)cc1. The molecule has 0 aliphatic rings. The first-order valence-electron chi connectivity index (χ1n) is 9.20. The molecule has 1 amide bonds. The number of benzene rings is 1. The van der Waals surface area contributed by atoms with Crippen LogP contribution < -0.4 is 10.7 Å². The van der Waals surface area contributed by atoms with Crippen molar-refractivity contribution in [1.29, 1.82) is 0 Å². The first-order chi connectivity index (χ1) is 14.5. The summed E-state index contributed by atoms with van der Waals surface area (Å²) in [6.07, 6.45) is 3.16. The minimum absolute atomic E-state index is 0.0728. The van der Waals surface area contributed by atoms with Gasteiger partial charge in [0.15, 0.2) is 5.43 Å². The number of pyridine rings is 2. The number of nitrogens with one attached hydrogen (secondary N) is 1. The molecule has 3 heterocycles. The van der Waals surface area contributed by atoms with E-state index in [2.05, 4.69) is 10.3 Å². The van der Waals surface area contributed by atoms with Crippen LogP contribution in [0.3, 0.4) is 0 Å². The molecule has 0 unspecified atom stereocenters. The Bertz CT molecular complexity index is 1250. The van der Waals surface area contributed by atoms with Gasteiger partial charge in [0.25, 0.3) is 0 Å². The number of fused-ring (bicyclic) bond motifs is 1. The van der Waals surface area contributed by atoms with Gasteiger partial charge in [-0.3, -0.25) is 14.2 Å². The zero-order valence-electron chi connectivity index (χ0n) is 15.8. The van der Waals surface area contributed by atoms with Crippen LogP contribution in [0.4, 0.5) is 0 Å². The van der Waals surface area contributed by atoms with Crippen molar-refractivity contribution >= 4 is 40.2 Å². The maximum absolute atomic E-state index is 13.0. The molecular formula is C22H17Cl2N3O3. The Morgan fingerprint density at radius 1 is 1.17 bits per heavy atom. The third-order valence-corrected chi connectivity index (χ3v) is 5.10. The number of carbonyl (C=O) groups excluding carboxylic acids is 1. The van der Waals surface area contributed by atoms with Crippen molar-refractivity contribution in [2.75, 3.05) is 0 Å². The van der Waals surface area contributed by atoms with E-state index < -0.39 is 0 Å². The third-order valence-electron chi connectivity index (χ3n) is 4.59. The maximum Gasteiger partial charge on any atom is 0.224 e. The molecule has 0 spiro atoms. The van der Waals surface area contributed by atoms with Gasteiger partial charge in [-0.1, -0.05) is 29.8 Å². The van der Waals surface area contributed by atoms with Crippen LogP contribution in [-0.4, -0.2) is 15.5 Å². The number of furan rings is 1. The monoisotopic (exact) mass is 441 g/mol. The quantitative estimate of drug-likeness (QED) is 0.454. The van der Waals surface area contributed by atoms with Gasteiger partial charge in [-0.25, -0.2) is 4.98 Å². The largest absolute Gasteiger partial charge is 0.443 e. The molecule has 4 aromatic rings. The predicted molar refractivity (Wildman–Crippen MR) is 116 cm³/mol. The van der Waals surface area contributed by atoms with E-state index in [4.69, 9.17) is 27.6 Å². The maximum atomic E-state index is 13.0. The number of alkyl halides is 1. The lowest BCUT2D eigenvalue weighted by Gasteiger charge is -2.10. The molecule has 3 aromatic heterocycles. The lowest BCUT2D eigenvalue weighted by Crippen LogP contribution is -2.27. The number of amides is 1. The number of rotatable bonds is 6. The Morgan fingerprint density at radius 3 is 2.67 bits per heavy atom. The molecule has 0 bridgehead atoms. The predicted octanol–water partition coefficient (Wildman–Crippen LogP) is 4.23. The molecule has 0 aliphatic carbocycles. The summed E-state index contributed by atoms with van der Waals surface area (Å²) in [4.78, 5) is 29.8. The summed E-state index contributed by atoms with van der Waals surface area (Å²) >= 11 is 11.8. The van der Waals surface area contributed by atoms with E-state index in [9.17, 15) is 9.59 Å². The Kier molecular flexibility index (Phi) is 5.88. The van der Waals surface area contributed by atoms with Gasteiger partial charge in [-0.15, -0.1) is 11.6 Å². The topological polar surface area (TPSA) is 77.1 Å². The molecule has 8 heteroatoms. The van der Waals surface area contributed by atoms with E-state index in [1.54, 1.807) is 47.3 Å². The molecular weight excluding hydrogens is 425 g/mol. The Morgan fingerprint density at radius 2 is 1.97 bits per heavy atom. The number of halogens is 2. The zero-order chi connectivity index (χ0) is 21.1. The lowest BCUT2D eigenvalue weighted by molar-refractivity contribution is -0.120. The Balaban J connectivity index is 1.65. The van der Waals surface area contributed by atoms with E-state index in [-0.39, 0.29) is 23.6 Å². The van der Waals surface area contributed by atoms with E-state index >= 15 is 0 Å². The number of carbonyl (C=O) groups is 1. The molecule has 6 nitrogen and oxygen atoms in total. The normalized spacial score (nSPS) is 11.0. The number of hydrogen-bond donors (Lipinski definition) is 1. The van der Waals surface area contributed by atoms with Gasteiger partial charge in [0.2, 0.25) is 11.6 Å². The lowest BCUT2D eigenvalue weighted by atomic mass is 10.1. The Hall–Kier alpha value is -3.09. The molecule has 0 aliphatic heterocycles. The van der Waals surface area contributed by atoms with Crippen LogP contribution in [0.1, 0.15) is 16.9 Å². The van der Waals surface area contributed by atoms with Gasteiger partial charge < -0.3 is 9.73 Å². The Labute approximate surface area is 182 Å². The van der Waals surface area contributed by atoms with Crippen molar-refractivity contribution in [3.8, 4) is 5.82 Å². The van der Waals surface area contributed by atoms with Gasteiger partial charge >= 0.3 is 0 Å². The average molecular weight is 442 g/mol. The average Bonchev–Trinajstić information content (AvgIpc) is 3.21. The summed E-state index contributed by atoms with van der Waals surface area (Å²) in [6.45, 7) is 0.342. The van der Waals surface area contributed by atoms with Crippen LogP contribution in [0.25, 0.3) is 16.9 Å². The highest BCUT2D eigenvalue weighted by atomic mass is 35.5. The molecule has 4 rings (SSSR count). The van der Waals surface area contributed by atoms with Gasteiger partial charge in [-0.2, -0.15) is 0 Å². The molecule has 0 saturated heterocycles. The van der Waals surface area contributed by atoms with Crippen LogP contribution in [0, 0.1) is 0 Å². The van der Waals surface area contributed by atoms with Crippen LogP contribution in [0.2, 0.25) is 5.02 Å². The van der Waals surface area contributed by atoms with Crippen LogP contribution >= 0.6 is 23.2 Å². The van der Waals surface area contributed by atoms with E-state index in [1.165, 1.54) is 0 Å². The van der Waals surface area contributed by atoms with E-state index in [0.29, 0.717) is 39.8 Å². The van der Waals surface area contributed by atoms with Crippen molar-refractivity contribution in [2.24, 2.45) is 0 Å². The summed E-state index contributed by atoms with van der Waals surface area (Å²) in [6, 6.07) is 14.2. The molecule has 0 fully saturated rings. The van der Waals surface area contributed by atoms with Gasteiger partial charge in [0, 0.05) is 29.5 Å². The second-order valence-electron chi connectivity index (χ2n) is 6.69. The molecule has 1 aromatic carbocycles. The first kappa shape index (κ1) is 20.2. The van der Waals surface area contributed by atoms with E-state index in [0.717, 1.165) is 5.56 Å². The minimum Gasteiger partial charge on any atom is -0.443 e. The fraction of sp³-hybridized carbons (Fsp3) is 0.136. The van der Waals surface area contributed by atoms with Gasteiger partial charge in [0.05, 0.1) is 17.7 Å². The fourth-order valence-electron chi connectivity index (χ4n) is 3.12. The molecule has 0 radical (unpaired) electrons. The van der Waals surface area contributed by atoms with Crippen molar-refractivity contribution in [2.45, 2.75) is 18.8 Å². The standard InChI is InChI=1S/C22H17Cl2N3O3/c23-11-17-10-18-21(29)15(9-20(28)26-12-14-4-6-16(24)7-5-14)13-27(22(18)30-17)19-3-1-2-8-25-19/h1-8,10,13H,9,11-12H2,(H,26,28). The van der Waals surface area contributed by atoms with Crippen molar-refractivity contribution in [3.05, 3.63) is 93.1 Å². The first-order valence-corrected chi connectivity index (χ1v) is 10.1. The summed E-state index contributed by atoms with van der Waals surface area (Å²) in [7, 11) is 0. The molecule has 0 saturated carbocycles. The molecule has 30 heavy (non-hydrogen) atoms. The molecule has 0 atom stereocenters. The molecule has 152 valence electrons. The third kappa shape index (κ3) is 4.25. The highest BCUT2D eigenvalue weighted by molar-refractivity contribution is 6.30. The summed E-state index contributed by atoms with van der Waals surface area (Å²) in [5.41, 5.74) is 1.33. The second kappa shape index (κ2) is 8.73. The highest BCUT2D eigenvalue weighted by Gasteiger charge is 2.17. The van der Waals surface area contributed by atoms with Crippen molar-refractivity contribution in [3.63, 3.8) is 0 Å². The summed E-state index contributed by atoms with van der Waals surface area (Å²) in [5, 5.41) is 3.82. The van der Waals surface area contributed by atoms with Gasteiger partial charge in [0.1, 0.15) is 11.6 Å². The molecule has 1 N–H and O–H groups in total. The van der Waals surface area contributed by atoms with Crippen LogP contribution in [-0.2, 0) is 23.6 Å². The van der Waals surface area contributed by atoms with E-state index in [1.807, 2.05) is 18.2 Å². The van der Waals surface area contributed by atoms with Crippen LogP contribution in [0.5, 0.6) is 0 Å². The number of aromatic nitrogens is 2. The number of nitrogens with zero attached hydrogens (tertiary/aromatic N) is 2. The second-order valence-corrected chi connectivity index (χ2v) is 7.39. The smallest absolute Gasteiger partial charge is 0.224 e. The fourth-order valence-corrected chi connectivity index (χ4v) is 3.37. The van der Waals surface area contributed by atoms with Crippen LogP contribution in [0.15, 0.2) is 70.1 Å². The zero-order valence-corrected chi connectivity index (χ0v) is 17.3.